The first-order chi connectivity index (χ1) is 27.5. The maximum absolute atomic E-state index is 12.0. The molecule has 9 nitrogen and oxygen atoms in total. The van der Waals surface area contributed by atoms with Gasteiger partial charge in [-0.05, 0) is 127 Å². The van der Waals surface area contributed by atoms with E-state index in [4.69, 9.17) is 17.7 Å². The summed E-state index contributed by atoms with van der Waals surface area (Å²) >= 11 is 0. The van der Waals surface area contributed by atoms with Crippen LogP contribution in [0.15, 0.2) is 0 Å². The molecule has 0 aromatic heterocycles. The molecule has 3 N–H and O–H groups in total. The van der Waals surface area contributed by atoms with Crippen molar-refractivity contribution in [3.05, 3.63) is 0 Å². The second-order valence-corrected chi connectivity index (χ2v) is 44.4. The topological polar surface area (TPSA) is 115 Å². The highest BCUT2D eigenvalue weighted by Gasteiger charge is 2.51. The lowest BCUT2D eigenvalue weighted by molar-refractivity contribution is -0.125. The molecule has 2 aliphatic rings. The lowest BCUT2D eigenvalue weighted by Crippen LogP contribution is -2.62. The fourth-order valence-electron chi connectivity index (χ4n) is 8.30. The van der Waals surface area contributed by atoms with Crippen molar-refractivity contribution in [2.75, 3.05) is 13.2 Å². The van der Waals surface area contributed by atoms with Gasteiger partial charge < -0.3 is 33.4 Å². The number of carbonyl (C=O) groups is 2. The van der Waals surface area contributed by atoms with Crippen LogP contribution in [0, 0.1) is 41.4 Å². The van der Waals surface area contributed by atoms with E-state index >= 15 is 0 Å². The molecule has 2 fully saturated rings. The smallest absolute Gasteiger partial charge is 0.217 e. The van der Waals surface area contributed by atoms with Crippen molar-refractivity contribution >= 4 is 45.1 Å². The molecule has 2 saturated carbocycles. The van der Waals surface area contributed by atoms with Crippen LogP contribution in [0.25, 0.3) is 0 Å². The Morgan fingerprint density at radius 3 is 1.16 bits per heavy atom. The molecule has 10 unspecified atom stereocenters. The van der Waals surface area contributed by atoms with Gasteiger partial charge in [0, 0.05) is 27.1 Å². The zero-order valence-electron chi connectivity index (χ0n) is 45.7. The van der Waals surface area contributed by atoms with Gasteiger partial charge in [-0.2, -0.15) is 0 Å². The zero-order chi connectivity index (χ0) is 49.2. The number of hydrogen-bond donors (Lipinski definition) is 3. The molecule has 2 aliphatic carbocycles. The van der Waals surface area contributed by atoms with Crippen molar-refractivity contribution in [1.82, 2.24) is 10.6 Å². The second kappa shape index (κ2) is 21.7. The maximum Gasteiger partial charge on any atom is 0.217 e. The van der Waals surface area contributed by atoms with Gasteiger partial charge in [-0.15, -0.1) is 0 Å². The largest absolute Gasteiger partial charge is 0.417 e. The summed E-state index contributed by atoms with van der Waals surface area (Å²) in [6, 6.07) is -0.314. The zero-order valence-corrected chi connectivity index (χ0v) is 49.7. The van der Waals surface area contributed by atoms with E-state index in [1.54, 1.807) is 6.92 Å². The minimum Gasteiger partial charge on any atom is -0.417 e. The molecule has 0 radical (unpaired) electrons. The van der Waals surface area contributed by atoms with Crippen LogP contribution < -0.4 is 10.6 Å². The number of amides is 2. The summed E-state index contributed by atoms with van der Waals surface area (Å²) in [6.07, 6.45) is 0.946. The van der Waals surface area contributed by atoms with E-state index in [0.29, 0.717) is 36.2 Å². The second-order valence-electron chi connectivity index (χ2n) is 25.7. The summed E-state index contributed by atoms with van der Waals surface area (Å²) in [5.41, 5.74) is 0. The number of carbonyl (C=O) groups excluding carboxylic acids is 2. The van der Waals surface area contributed by atoms with E-state index in [2.05, 4.69) is 181 Å². The summed E-state index contributed by atoms with van der Waals surface area (Å²) in [5.74, 6) is 2.55. The van der Waals surface area contributed by atoms with Gasteiger partial charge in [0.05, 0.1) is 30.4 Å². The Labute approximate surface area is 388 Å². The first-order valence-corrected chi connectivity index (χ1v) is 36.0. The lowest BCUT2D eigenvalue weighted by atomic mass is 9.70. The SMILES string of the molecule is CC(=O)NC1C(O[Si](C)(C)C(C)(C)C)CC(CO[Si](C)(C)C(C)(C)C(C)C)C(C)C1C.CC(=O)NC1C(O[Si](C)(C)C(C)(C)C)CC(CO[Si](C)(C)C(C)(C)C(C)C)C(C)C1O. The van der Waals surface area contributed by atoms with Crippen molar-refractivity contribution in [2.45, 2.75) is 247 Å². The van der Waals surface area contributed by atoms with Crippen LogP contribution in [0.1, 0.15) is 144 Å². The third kappa shape index (κ3) is 14.8. The minimum absolute atomic E-state index is 0.0306. The Hall–Kier alpha value is -0.392. The van der Waals surface area contributed by atoms with E-state index in [9.17, 15) is 14.7 Å². The highest BCUT2D eigenvalue weighted by atomic mass is 28.4. The van der Waals surface area contributed by atoms with Gasteiger partial charge in [0.25, 0.3) is 0 Å². The molecule has 0 aliphatic heterocycles. The van der Waals surface area contributed by atoms with Crippen molar-refractivity contribution in [3.63, 3.8) is 0 Å². The van der Waals surface area contributed by atoms with Crippen LogP contribution >= 0.6 is 0 Å². The van der Waals surface area contributed by atoms with Gasteiger partial charge in [0.1, 0.15) is 0 Å². The van der Waals surface area contributed by atoms with Gasteiger partial charge in [-0.1, -0.05) is 118 Å². The number of aliphatic hydroxyl groups is 1. The molecule has 0 aromatic rings. The van der Waals surface area contributed by atoms with Crippen molar-refractivity contribution in [2.24, 2.45) is 41.4 Å². The Morgan fingerprint density at radius 2 is 0.855 bits per heavy atom. The molecular formula is C49H104N2O7Si4. The first kappa shape index (κ1) is 59.6. The molecule has 368 valence electrons. The monoisotopic (exact) mass is 945 g/mol. The van der Waals surface area contributed by atoms with Crippen LogP contribution in [-0.2, 0) is 27.3 Å². The minimum atomic E-state index is -2.07. The van der Waals surface area contributed by atoms with Gasteiger partial charge in [-0.3, -0.25) is 9.59 Å². The fraction of sp³-hybridized carbons (Fsp3) is 0.959. The third-order valence-electron chi connectivity index (χ3n) is 18.2. The van der Waals surface area contributed by atoms with Gasteiger partial charge in [0.2, 0.25) is 11.8 Å². The quantitative estimate of drug-likeness (QED) is 0.132. The normalized spacial score (nSPS) is 28.7. The summed E-state index contributed by atoms with van der Waals surface area (Å²) in [7, 11) is -7.85. The highest BCUT2D eigenvalue weighted by molar-refractivity contribution is 6.75. The third-order valence-corrected chi connectivity index (χ3v) is 36.4. The summed E-state index contributed by atoms with van der Waals surface area (Å²) in [6.45, 7) is 61.7. The van der Waals surface area contributed by atoms with Gasteiger partial charge in [0.15, 0.2) is 33.3 Å². The molecule has 0 aromatic carbocycles. The molecule has 10 atom stereocenters. The van der Waals surface area contributed by atoms with Crippen LogP contribution in [0.3, 0.4) is 0 Å². The number of nitrogens with one attached hydrogen (secondary N) is 2. The lowest BCUT2D eigenvalue weighted by Gasteiger charge is -2.50. The van der Waals surface area contributed by atoms with E-state index < -0.39 is 39.4 Å². The number of aliphatic hydroxyl groups excluding tert-OH is 1. The molecule has 0 heterocycles. The Balaban J connectivity index is 0.000000620. The molecular weight excluding hydrogens is 841 g/mol. The van der Waals surface area contributed by atoms with E-state index in [0.717, 1.165) is 19.4 Å². The fourth-order valence-corrected chi connectivity index (χ4v) is 15.8. The molecule has 0 spiro atoms. The van der Waals surface area contributed by atoms with E-state index in [1.807, 2.05) is 0 Å². The average Bonchev–Trinajstić information content (AvgIpc) is 3.08. The Kier molecular flexibility index (Phi) is 20.9. The van der Waals surface area contributed by atoms with Crippen LogP contribution in [0.2, 0.25) is 72.5 Å². The molecule has 2 rings (SSSR count). The van der Waals surface area contributed by atoms with Crippen molar-refractivity contribution < 1.29 is 32.4 Å². The Morgan fingerprint density at radius 1 is 0.548 bits per heavy atom. The summed E-state index contributed by atoms with van der Waals surface area (Å²) in [4.78, 5) is 23.9. The van der Waals surface area contributed by atoms with Crippen LogP contribution in [0.5, 0.6) is 0 Å². The average molecular weight is 946 g/mol. The number of rotatable bonds is 16. The van der Waals surface area contributed by atoms with E-state index in [1.165, 1.54) is 6.92 Å². The highest BCUT2D eigenvalue weighted by Crippen LogP contribution is 2.48. The Bertz CT molecular complexity index is 1330. The van der Waals surface area contributed by atoms with Gasteiger partial charge in [-0.25, -0.2) is 0 Å². The van der Waals surface area contributed by atoms with Crippen molar-refractivity contribution in [1.29, 1.82) is 0 Å². The predicted molar refractivity (Wildman–Crippen MR) is 274 cm³/mol. The predicted octanol–water partition coefficient (Wildman–Crippen LogP) is 12.4. The molecule has 0 saturated heterocycles. The van der Waals surface area contributed by atoms with E-state index in [-0.39, 0.29) is 68.1 Å². The standard InChI is InChI=1S/C25H53NO3Si2.C24H51NO4Si2/c1-17(2)25(9,10)31(13,14)28-16-21-15-22(29-30(11,12)24(6,7)8)23(26-20(5)27)19(4)18(21)3;1-16(2)24(8,9)31(12,13)28-15-19-14-20(29-30(10,11)23(5,6)7)21(25-18(4)26)22(27)17(19)3/h17-19,21-23H,15-16H2,1-14H3,(H,26,27);16-17,19-22,27H,14-15H2,1-13H3,(H,25,26). The molecule has 62 heavy (non-hydrogen) atoms. The maximum atomic E-state index is 12.0. The molecule has 13 heteroatoms. The summed E-state index contributed by atoms with van der Waals surface area (Å²) in [5, 5.41) is 18.0. The summed E-state index contributed by atoms with van der Waals surface area (Å²) < 4.78 is 27.1. The van der Waals surface area contributed by atoms with Gasteiger partial charge >= 0.3 is 0 Å². The van der Waals surface area contributed by atoms with Crippen molar-refractivity contribution in [3.8, 4) is 0 Å². The number of hydrogen-bond acceptors (Lipinski definition) is 7. The first-order valence-electron chi connectivity index (χ1n) is 24.3. The molecule has 2 amide bonds. The van der Waals surface area contributed by atoms with Crippen LogP contribution in [-0.4, -0.2) is 93.8 Å². The molecule has 0 bridgehead atoms. The van der Waals surface area contributed by atoms with Crippen LogP contribution in [0.4, 0.5) is 0 Å².